The molecule has 0 N–H and O–H groups in total. The number of nitrogens with zero attached hydrogens (tertiary/aromatic N) is 4. The van der Waals surface area contributed by atoms with Crippen LogP contribution in [0.2, 0.25) is 0 Å². The molecule has 0 aliphatic carbocycles. The highest BCUT2D eigenvalue weighted by Gasteiger charge is 2.45. The lowest BCUT2D eigenvalue weighted by atomic mass is 9.33. The molecule has 0 spiro atoms. The average molecular weight is 839 g/mol. The number of rotatable bonds is 2. The SMILES string of the molecule is [2H]c1c([2H])c([2H])c(N2c3ccc4c(c3)N(c3ccccc3Sc3ccccc32)c2cc(C)cc3c2B4c2ccc4cc2N3c2ccccc2Sc2ccccc2N4c2c([2H])c([2H])c([2H])c([2H])c2[2H])c([2H])c1[2H]. The number of aryl methyl sites for hydroxylation is 1. The van der Waals surface area contributed by atoms with Gasteiger partial charge in [-0.05, 0) is 138 Å². The van der Waals surface area contributed by atoms with E-state index in [0.717, 1.165) is 75.7 Å². The molecular formula is C55H37BN4S2. The number of hydrogen-bond donors (Lipinski definition) is 0. The van der Waals surface area contributed by atoms with Crippen molar-refractivity contribution in [3.8, 4) is 0 Å². The van der Waals surface area contributed by atoms with Gasteiger partial charge in [-0.1, -0.05) is 120 Å². The van der Waals surface area contributed by atoms with Crippen molar-refractivity contribution in [2.75, 3.05) is 19.6 Å². The van der Waals surface area contributed by atoms with Crippen LogP contribution in [0.5, 0.6) is 0 Å². The Hall–Kier alpha value is -7.06. The van der Waals surface area contributed by atoms with Crippen LogP contribution in [0.15, 0.2) is 226 Å². The van der Waals surface area contributed by atoms with Crippen LogP contribution in [0.3, 0.4) is 0 Å². The summed E-state index contributed by atoms with van der Waals surface area (Å²) in [5.41, 5.74) is 12.1. The van der Waals surface area contributed by atoms with Crippen molar-refractivity contribution < 1.29 is 13.7 Å². The summed E-state index contributed by atoms with van der Waals surface area (Å²) in [7, 11) is 0. The maximum atomic E-state index is 9.28. The lowest BCUT2D eigenvalue weighted by Crippen LogP contribution is -2.61. The van der Waals surface area contributed by atoms with E-state index < -0.39 is 36.3 Å². The third kappa shape index (κ3) is 5.38. The Balaban J connectivity index is 1.13. The second-order valence-electron chi connectivity index (χ2n) is 15.5. The highest BCUT2D eigenvalue weighted by molar-refractivity contribution is 8.00. The van der Waals surface area contributed by atoms with Gasteiger partial charge in [-0.25, -0.2) is 0 Å². The van der Waals surface area contributed by atoms with Crippen LogP contribution in [-0.2, 0) is 0 Å². The Morgan fingerprint density at radius 2 is 0.742 bits per heavy atom. The molecule has 4 heterocycles. The number of fused-ring (bicyclic) bond motifs is 12. The minimum absolute atomic E-state index is 0.0400. The summed E-state index contributed by atoms with van der Waals surface area (Å²) in [5, 5.41) is 0. The van der Waals surface area contributed by atoms with Gasteiger partial charge >= 0.3 is 0 Å². The van der Waals surface area contributed by atoms with Gasteiger partial charge in [0, 0.05) is 65.1 Å². The first-order valence-electron chi connectivity index (χ1n) is 25.3. The zero-order chi connectivity index (χ0) is 49.6. The van der Waals surface area contributed by atoms with E-state index in [-0.39, 0.29) is 42.3 Å². The smallest absolute Gasteiger partial charge is 0.252 e. The summed E-state index contributed by atoms with van der Waals surface area (Å²) in [6, 6.07) is 45.0. The summed E-state index contributed by atoms with van der Waals surface area (Å²) in [6.07, 6.45) is 0. The summed E-state index contributed by atoms with van der Waals surface area (Å²) in [4.78, 5) is 11.8. The van der Waals surface area contributed by atoms with Crippen LogP contribution in [0.25, 0.3) is 0 Å². The Morgan fingerprint density at radius 3 is 1.15 bits per heavy atom. The zero-order valence-corrected chi connectivity index (χ0v) is 34.7. The Labute approximate surface area is 384 Å². The fraction of sp³-hybridized carbons (Fsp3) is 0.0182. The largest absolute Gasteiger partial charge is 0.310 e. The molecular weight excluding hydrogens is 792 g/mol. The molecule has 7 heteroatoms. The normalized spacial score (nSPS) is 16.2. The molecule has 292 valence electrons. The van der Waals surface area contributed by atoms with Crippen molar-refractivity contribution in [2.24, 2.45) is 0 Å². The van der Waals surface area contributed by atoms with Gasteiger partial charge in [0.15, 0.2) is 0 Å². The molecule has 4 nitrogen and oxygen atoms in total. The van der Waals surface area contributed by atoms with Crippen molar-refractivity contribution in [1.29, 1.82) is 0 Å². The van der Waals surface area contributed by atoms with E-state index in [1.807, 2.05) is 84.9 Å². The fourth-order valence-electron chi connectivity index (χ4n) is 9.54. The predicted molar refractivity (Wildman–Crippen MR) is 263 cm³/mol. The maximum absolute atomic E-state index is 9.28. The number of para-hydroxylation sites is 6. The van der Waals surface area contributed by atoms with Gasteiger partial charge in [-0.2, -0.15) is 0 Å². The number of benzene rings is 9. The average Bonchev–Trinajstić information content (AvgIpc) is 3.39. The zero-order valence-electron chi connectivity index (χ0n) is 43.0. The van der Waals surface area contributed by atoms with Gasteiger partial charge in [-0.15, -0.1) is 0 Å². The third-order valence-corrected chi connectivity index (χ3v) is 14.2. The molecule has 0 amide bonds. The van der Waals surface area contributed by atoms with Crippen molar-refractivity contribution in [1.82, 2.24) is 0 Å². The second-order valence-corrected chi connectivity index (χ2v) is 17.7. The molecule has 9 aromatic rings. The molecule has 62 heavy (non-hydrogen) atoms. The van der Waals surface area contributed by atoms with E-state index in [0.29, 0.717) is 22.7 Å². The molecule has 4 bridgehead atoms. The topological polar surface area (TPSA) is 13.0 Å². The number of hydrogen-bond acceptors (Lipinski definition) is 6. The summed E-state index contributed by atoms with van der Waals surface area (Å²) in [6.45, 7) is 1.74. The van der Waals surface area contributed by atoms with Crippen molar-refractivity contribution in [3.05, 3.63) is 212 Å². The molecule has 0 saturated carbocycles. The monoisotopic (exact) mass is 838 g/mol. The Kier molecular flexibility index (Phi) is 6.10. The van der Waals surface area contributed by atoms with Crippen LogP contribution < -0.4 is 36.0 Å². The first-order valence-corrected chi connectivity index (χ1v) is 21.9. The molecule has 0 fully saturated rings. The van der Waals surface area contributed by atoms with Gasteiger partial charge in [0.2, 0.25) is 0 Å². The summed E-state index contributed by atoms with van der Waals surface area (Å²) < 4.78 is 89.2. The fourth-order valence-corrected chi connectivity index (χ4v) is 11.7. The molecule has 4 aliphatic rings. The van der Waals surface area contributed by atoms with E-state index in [1.54, 1.807) is 33.3 Å². The van der Waals surface area contributed by atoms with Crippen LogP contribution in [0.1, 0.15) is 19.3 Å². The second kappa shape index (κ2) is 14.0. The lowest BCUT2D eigenvalue weighted by molar-refractivity contribution is 1.17. The Bertz CT molecular complexity index is 3570. The van der Waals surface area contributed by atoms with Gasteiger partial charge in [0.25, 0.3) is 6.71 Å². The van der Waals surface area contributed by atoms with Gasteiger partial charge < -0.3 is 19.6 Å². The molecule has 0 unspecified atom stereocenters. The van der Waals surface area contributed by atoms with E-state index in [2.05, 4.69) is 77.4 Å². The minimum atomic E-state index is -0.466. The first-order chi connectivity index (χ1) is 34.8. The summed E-state index contributed by atoms with van der Waals surface area (Å²) in [5.74, 6) is 0. The van der Waals surface area contributed by atoms with Crippen molar-refractivity contribution >= 4 is 115 Å². The summed E-state index contributed by atoms with van der Waals surface area (Å²) >= 11 is 3.11. The van der Waals surface area contributed by atoms with Crippen molar-refractivity contribution in [3.63, 3.8) is 0 Å². The van der Waals surface area contributed by atoms with Gasteiger partial charge in [-0.3, -0.25) is 0 Å². The van der Waals surface area contributed by atoms with Crippen LogP contribution in [0.4, 0.5) is 68.2 Å². The predicted octanol–water partition coefficient (Wildman–Crippen LogP) is 13.9. The first kappa shape index (κ1) is 27.0. The van der Waals surface area contributed by atoms with Crippen LogP contribution >= 0.6 is 23.5 Å². The van der Waals surface area contributed by atoms with E-state index in [4.69, 9.17) is 8.22 Å². The van der Waals surface area contributed by atoms with Gasteiger partial charge in [0.1, 0.15) is 0 Å². The molecule has 9 aromatic carbocycles. The maximum Gasteiger partial charge on any atom is 0.252 e. The van der Waals surface area contributed by atoms with Crippen LogP contribution in [0, 0.1) is 6.92 Å². The minimum Gasteiger partial charge on any atom is -0.310 e. The number of anilines is 12. The lowest BCUT2D eigenvalue weighted by Gasteiger charge is -2.46. The molecule has 0 saturated heterocycles. The Morgan fingerprint density at radius 1 is 0.371 bits per heavy atom. The quantitative estimate of drug-likeness (QED) is 0.160. The van der Waals surface area contributed by atoms with E-state index in [9.17, 15) is 5.48 Å². The molecule has 4 aliphatic heterocycles. The van der Waals surface area contributed by atoms with E-state index >= 15 is 0 Å². The molecule has 0 atom stereocenters. The third-order valence-electron chi connectivity index (χ3n) is 12.0. The van der Waals surface area contributed by atoms with Crippen molar-refractivity contribution in [2.45, 2.75) is 26.5 Å². The highest BCUT2D eigenvalue weighted by Crippen LogP contribution is 2.54. The molecule has 0 aromatic heterocycles. The van der Waals surface area contributed by atoms with E-state index in [1.165, 1.54) is 0 Å². The molecule has 0 radical (unpaired) electrons. The standard InChI is InChI=1S/C55H37BN4S2/c1-36-32-49-55-50(33-36)60-46-23-11-15-27-54(46)62-52-25-13-9-21-44(52)58(38-18-6-3-7-19-38)40-29-31-42(48(60)35-40)56(55)41-30-28-39-34-47(41)59(49)45-22-10-14-26-53(45)61-51-24-12-8-20-43(51)57(39)37-16-4-2-5-17-37/h2-35H,1H3/i2D,3D,4D,5D,6D,7D,16D,17D,18D,19D. The molecule has 13 rings (SSSR count). The highest BCUT2D eigenvalue weighted by atomic mass is 32.2. The van der Waals surface area contributed by atoms with Gasteiger partial charge in [0.05, 0.1) is 36.5 Å². The van der Waals surface area contributed by atoms with Crippen LogP contribution in [-0.4, -0.2) is 6.71 Å².